The molecule has 5 heteroatoms. The van der Waals surface area contributed by atoms with Gasteiger partial charge in [-0.15, -0.1) is 11.8 Å². The summed E-state index contributed by atoms with van der Waals surface area (Å²) >= 11 is 1.74. The molecule has 24 heavy (non-hydrogen) atoms. The number of carboxylic acids is 1. The van der Waals surface area contributed by atoms with Gasteiger partial charge in [0.15, 0.2) is 0 Å². The van der Waals surface area contributed by atoms with Crippen LogP contribution in [0.25, 0.3) is 0 Å². The van der Waals surface area contributed by atoms with Crippen molar-refractivity contribution in [1.82, 2.24) is 4.90 Å². The second-order valence-electron chi connectivity index (χ2n) is 6.20. The van der Waals surface area contributed by atoms with E-state index in [1.807, 2.05) is 29.2 Å². The highest BCUT2D eigenvalue weighted by Gasteiger charge is 2.33. The highest BCUT2D eigenvalue weighted by Crippen LogP contribution is 2.40. The average molecular weight is 339 g/mol. The number of carbonyl (C=O) groups is 2. The Morgan fingerprint density at radius 1 is 1.12 bits per heavy atom. The van der Waals surface area contributed by atoms with Gasteiger partial charge < -0.3 is 10.0 Å². The molecule has 0 fully saturated rings. The zero-order valence-corrected chi connectivity index (χ0v) is 13.9. The van der Waals surface area contributed by atoms with E-state index in [2.05, 4.69) is 6.07 Å². The van der Waals surface area contributed by atoms with Gasteiger partial charge in [0.25, 0.3) is 0 Å². The van der Waals surface area contributed by atoms with Crippen molar-refractivity contribution in [2.24, 2.45) is 0 Å². The van der Waals surface area contributed by atoms with E-state index in [1.165, 1.54) is 4.90 Å². The molecule has 1 unspecified atom stereocenters. The molecule has 2 aromatic carbocycles. The second-order valence-corrected chi connectivity index (χ2v) is 7.26. The number of carbonyl (C=O) groups excluding carboxylic acids is 1. The van der Waals surface area contributed by atoms with Gasteiger partial charge in [-0.25, -0.2) is 4.79 Å². The minimum atomic E-state index is -0.928. The van der Waals surface area contributed by atoms with Crippen LogP contribution in [0.3, 0.4) is 0 Å². The molecule has 0 saturated carbocycles. The predicted molar refractivity (Wildman–Crippen MR) is 92.4 cm³/mol. The molecule has 0 saturated heterocycles. The van der Waals surface area contributed by atoms with Crippen molar-refractivity contribution in [1.29, 1.82) is 0 Å². The van der Waals surface area contributed by atoms with Crippen LogP contribution >= 0.6 is 11.8 Å². The van der Waals surface area contributed by atoms with Crippen LogP contribution in [-0.4, -0.2) is 34.2 Å². The summed E-state index contributed by atoms with van der Waals surface area (Å²) < 4.78 is 0. The topological polar surface area (TPSA) is 57.6 Å². The van der Waals surface area contributed by atoms with E-state index in [0.717, 1.165) is 28.9 Å². The molecule has 1 amide bonds. The molecule has 4 nitrogen and oxygen atoms in total. The van der Waals surface area contributed by atoms with Gasteiger partial charge in [0.2, 0.25) is 5.91 Å². The van der Waals surface area contributed by atoms with Crippen molar-refractivity contribution in [2.45, 2.75) is 23.8 Å². The van der Waals surface area contributed by atoms with Crippen LogP contribution in [0, 0.1) is 0 Å². The number of amides is 1. The van der Waals surface area contributed by atoms with E-state index < -0.39 is 5.97 Å². The van der Waals surface area contributed by atoms with Gasteiger partial charge in [0.05, 0.1) is 11.5 Å². The Morgan fingerprint density at radius 2 is 1.96 bits per heavy atom. The summed E-state index contributed by atoms with van der Waals surface area (Å²) in [5.74, 6) is -0.0759. The van der Waals surface area contributed by atoms with Gasteiger partial charge in [0, 0.05) is 23.7 Å². The third-order valence-electron chi connectivity index (χ3n) is 4.78. The minimum absolute atomic E-state index is 0.0876. The standard InChI is InChI=1S/C19H17NO3S/c21-18(16-11-24-17-4-2-1-3-15(16)17)20-8-7-12-5-6-13(19(22)23)9-14(12)10-20/h1-6,9,16H,7-8,10-11H2,(H,22,23). The zero-order valence-electron chi connectivity index (χ0n) is 13.1. The maximum absolute atomic E-state index is 13.0. The average Bonchev–Trinajstić information content (AvgIpc) is 3.04. The van der Waals surface area contributed by atoms with Gasteiger partial charge in [-0.05, 0) is 41.3 Å². The van der Waals surface area contributed by atoms with Gasteiger partial charge >= 0.3 is 5.97 Å². The minimum Gasteiger partial charge on any atom is -0.478 e. The molecule has 2 aliphatic rings. The largest absolute Gasteiger partial charge is 0.478 e. The number of hydrogen-bond acceptors (Lipinski definition) is 3. The zero-order chi connectivity index (χ0) is 16.7. The quantitative estimate of drug-likeness (QED) is 0.913. The molecule has 2 aromatic rings. The molecule has 0 bridgehead atoms. The Balaban J connectivity index is 1.57. The van der Waals surface area contributed by atoms with Crippen molar-refractivity contribution < 1.29 is 14.7 Å². The smallest absolute Gasteiger partial charge is 0.335 e. The lowest BCUT2D eigenvalue weighted by Gasteiger charge is -2.31. The predicted octanol–water partition coefficient (Wildman–Crippen LogP) is 3.16. The molecule has 0 aromatic heterocycles. The first-order chi connectivity index (χ1) is 11.6. The molecule has 4 rings (SSSR count). The molecule has 2 heterocycles. The Hall–Kier alpha value is -2.27. The summed E-state index contributed by atoms with van der Waals surface area (Å²) in [6, 6.07) is 13.3. The third kappa shape index (κ3) is 2.59. The Morgan fingerprint density at radius 3 is 2.79 bits per heavy atom. The van der Waals surface area contributed by atoms with Crippen LogP contribution in [0.5, 0.6) is 0 Å². The van der Waals surface area contributed by atoms with Gasteiger partial charge in [-0.1, -0.05) is 24.3 Å². The first-order valence-corrected chi connectivity index (χ1v) is 8.97. The maximum Gasteiger partial charge on any atom is 0.335 e. The van der Waals surface area contributed by atoms with E-state index in [-0.39, 0.29) is 17.4 Å². The number of aromatic carboxylic acids is 1. The van der Waals surface area contributed by atoms with Crippen molar-refractivity contribution >= 4 is 23.6 Å². The van der Waals surface area contributed by atoms with E-state index in [9.17, 15) is 9.59 Å². The van der Waals surface area contributed by atoms with E-state index in [1.54, 1.807) is 23.9 Å². The van der Waals surface area contributed by atoms with Gasteiger partial charge in [-0.2, -0.15) is 0 Å². The van der Waals surface area contributed by atoms with Crippen molar-refractivity contribution in [3.8, 4) is 0 Å². The van der Waals surface area contributed by atoms with Crippen LogP contribution in [0.2, 0.25) is 0 Å². The van der Waals surface area contributed by atoms with Crippen LogP contribution in [0.15, 0.2) is 47.4 Å². The molecular formula is C19H17NO3S. The number of fused-ring (bicyclic) bond motifs is 2. The molecule has 122 valence electrons. The first kappa shape index (κ1) is 15.3. The number of benzene rings is 2. The van der Waals surface area contributed by atoms with Crippen LogP contribution in [0.4, 0.5) is 0 Å². The Kier molecular flexibility index (Phi) is 3.81. The van der Waals surface area contributed by atoms with Gasteiger partial charge in [-0.3, -0.25) is 4.79 Å². The monoisotopic (exact) mass is 339 g/mol. The molecule has 1 N–H and O–H groups in total. The Bertz CT molecular complexity index is 833. The number of hydrogen-bond donors (Lipinski definition) is 1. The van der Waals surface area contributed by atoms with E-state index in [4.69, 9.17) is 5.11 Å². The summed E-state index contributed by atoms with van der Waals surface area (Å²) in [4.78, 5) is 27.2. The molecule has 2 aliphatic heterocycles. The molecule has 0 aliphatic carbocycles. The summed E-state index contributed by atoms with van der Waals surface area (Å²) in [5.41, 5.74) is 3.50. The summed E-state index contributed by atoms with van der Waals surface area (Å²) in [7, 11) is 0. The van der Waals surface area contributed by atoms with Crippen LogP contribution < -0.4 is 0 Å². The number of carboxylic acid groups (broad SMARTS) is 1. The van der Waals surface area contributed by atoms with Crippen LogP contribution in [0.1, 0.15) is 33.0 Å². The number of nitrogens with zero attached hydrogens (tertiary/aromatic N) is 1. The Labute approximate surface area is 144 Å². The van der Waals surface area contributed by atoms with E-state index >= 15 is 0 Å². The van der Waals surface area contributed by atoms with Gasteiger partial charge in [0.1, 0.15) is 0 Å². The van der Waals surface area contributed by atoms with Crippen molar-refractivity contribution in [2.75, 3.05) is 12.3 Å². The summed E-state index contributed by atoms with van der Waals surface area (Å²) in [6.07, 6.45) is 0.780. The second kappa shape index (κ2) is 5.98. The van der Waals surface area contributed by atoms with Crippen molar-refractivity contribution in [3.05, 3.63) is 64.7 Å². The highest BCUT2D eigenvalue weighted by molar-refractivity contribution is 7.99. The summed E-state index contributed by atoms with van der Waals surface area (Å²) in [5, 5.41) is 9.16. The fourth-order valence-corrected chi connectivity index (χ4v) is 4.69. The molecule has 1 atom stereocenters. The van der Waals surface area contributed by atoms with Crippen molar-refractivity contribution in [3.63, 3.8) is 0 Å². The fourth-order valence-electron chi connectivity index (χ4n) is 3.47. The number of thioether (sulfide) groups is 1. The van der Waals surface area contributed by atoms with Crippen LogP contribution in [-0.2, 0) is 17.8 Å². The van der Waals surface area contributed by atoms with E-state index in [0.29, 0.717) is 13.1 Å². The SMILES string of the molecule is O=C(O)c1ccc2c(c1)CN(C(=O)C1CSc3ccccc31)CC2. The lowest BCUT2D eigenvalue weighted by atomic mass is 9.94. The normalized spacial score (nSPS) is 18.8. The lowest BCUT2D eigenvalue weighted by molar-refractivity contribution is -0.133. The fraction of sp³-hybridized carbons (Fsp3) is 0.263. The first-order valence-electron chi connectivity index (χ1n) is 7.99. The lowest BCUT2D eigenvalue weighted by Crippen LogP contribution is -2.39. The maximum atomic E-state index is 13.0. The number of rotatable bonds is 2. The molecule has 0 spiro atoms. The highest BCUT2D eigenvalue weighted by atomic mass is 32.2. The third-order valence-corrected chi connectivity index (χ3v) is 5.96. The molecular weight excluding hydrogens is 322 g/mol. The molecule has 0 radical (unpaired) electrons. The summed E-state index contributed by atoms with van der Waals surface area (Å²) in [6.45, 7) is 1.19.